The van der Waals surface area contributed by atoms with Crippen LogP contribution in [0.3, 0.4) is 0 Å². The Balaban J connectivity index is -0.00000000889. The topological polar surface area (TPSA) is 159 Å². The molecule has 0 amide bonds. The molecule has 0 aliphatic carbocycles. The van der Waals surface area contributed by atoms with Crippen molar-refractivity contribution in [3.8, 4) is 0 Å². The second kappa shape index (κ2) is 135. The summed E-state index contributed by atoms with van der Waals surface area (Å²) in [5.41, 5.74) is 0. The zero-order chi connectivity index (χ0) is 5.41. The van der Waals surface area contributed by atoms with E-state index in [0.717, 1.165) is 0 Å². The molecule has 9 heavy (non-hydrogen) atoms. The third-order valence-corrected chi connectivity index (χ3v) is 0. The Labute approximate surface area is 66.7 Å². The van der Waals surface area contributed by atoms with E-state index in [1.807, 2.05) is 0 Å². The predicted molar refractivity (Wildman–Crippen MR) is 23.9 cm³/mol. The first-order chi connectivity index (χ1) is 2.83. The van der Waals surface area contributed by atoms with E-state index in [1.165, 1.54) is 0 Å². The summed E-state index contributed by atoms with van der Waals surface area (Å²) in [6.45, 7) is 1.00. The first kappa shape index (κ1) is 38.7. The van der Waals surface area contributed by atoms with E-state index in [4.69, 9.17) is 19.8 Å². The third kappa shape index (κ3) is 1140. The number of carbonyl (C=O) groups excluding carboxylic acids is 2. The maximum absolute atomic E-state index is 8.24. The van der Waals surface area contributed by atoms with Crippen molar-refractivity contribution >= 4 is 12.9 Å². The van der Waals surface area contributed by atoms with Crippen molar-refractivity contribution in [3.63, 3.8) is 0 Å². The molecule has 0 bridgehead atoms. The van der Waals surface area contributed by atoms with Gasteiger partial charge >= 0.3 is 34.0 Å². The molecule has 58 valence electrons. The molecular formula is C2H8N2O4Pt+2. The van der Waals surface area contributed by atoms with Crippen LogP contribution in [-0.4, -0.2) is 22.5 Å². The first-order valence-corrected chi connectivity index (χ1v) is 0.855. The Morgan fingerprint density at radius 3 is 0.889 bits per heavy atom. The van der Waals surface area contributed by atoms with Gasteiger partial charge < -0.3 is 21.9 Å². The molecule has 6 nitrogen and oxygen atoms in total. The van der Waals surface area contributed by atoms with Gasteiger partial charge in [-0.15, -0.1) is 0 Å². The van der Waals surface area contributed by atoms with Crippen molar-refractivity contribution in [3.05, 3.63) is 0 Å². The summed E-state index contributed by atoms with van der Waals surface area (Å²) in [5.74, 6) is 0. The Hall–Kier alpha value is -0.452. The molecule has 0 fully saturated rings. The SMILES string of the molecule is N.N.[O-][C]=[OH+].[O-][C]=[OH+].[Pt+2]. The molecule has 8 N–H and O–H groups in total. The second-order valence-electron chi connectivity index (χ2n) is 0.183. The molecule has 7 heteroatoms. The van der Waals surface area contributed by atoms with Crippen molar-refractivity contribution < 1.29 is 40.9 Å². The van der Waals surface area contributed by atoms with E-state index < -0.39 is 0 Å². The van der Waals surface area contributed by atoms with Gasteiger partial charge in [-0.3, -0.25) is 0 Å². The van der Waals surface area contributed by atoms with Crippen LogP contribution < -0.4 is 22.5 Å². The van der Waals surface area contributed by atoms with Crippen molar-refractivity contribution in [1.29, 1.82) is 0 Å². The second-order valence-corrected chi connectivity index (χ2v) is 0.183. The molecule has 2 radical (unpaired) electrons. The van der Waals surface area contributed by atoms with Crippen molar-refractivity contribution in [1.82, 2.24) is 12.3 Å². The average molecular weight is 319 g/mol. The zero-order valence-electron chi connectivity index (χ0n) is 4.44. The van der Waals surface area contributed by atoms with Crippen LogP contribution in [0, 0.1) is 0 Å². The average Bonchev–Trinajstić information content (AvgIpc) is 1.39. The van der Waals surface area contributed by atoms with E-state index in [2.05, 4.69) is 0 Å². The number of rotatable bonds is 0. The van der Waals surface area contributed by atoms with Crippen LogP contribution in [0.5, 0.6) is 0 Å². The first-order valence-electron chi connectivity index (χ1n) is 0.855. The summed E-state index contributed by atoms with van der Waals surface area (Å²) in [6.07, 6.45) is 0. The van der Waals surface area contributed by atoms with E-state index in [9.17, 15) is 0 Å². The van der Waals surface area contributed by atoms with Crippen LogP contribution in [-0.2, 0) is 21.1 Å². The molecular weight excluding hydrogens is 311 g/mol. The quantitative estimate of drug-likeness (QED) is 0.449. The van der Waals surface area contributed by atoms with Crippen LogP contribution in [0.4, 0.5) is 0 Å². The van der Waals surface area contributed by atoms with Crippen molar-refractivity contribution in [2.45, 2.75) is 0 Å². The fourth-order valence-corrected chi connectivity index (χ4v) is 0. The minimum absolute atomic E-state index is 0. The molecule has 0 spiro atoms. The van der Waals surface area contributed by atoms with Crippen LogP contribution in [0.1, 0.15) is 0 Å². The molecule has 0 rings (SSSR count). The minimum Gasteiger partial charge on any atom is -0.473 e. The van der Waals surface area contributed by atoms with E-state index in [-0.39, 0.29) is 33.4 Å². The largest absolute Gasteiger partial charge is 2.00 e. The summed E-state index contributed by atoms with van der Waals surface area (Å²) in [4.78, 5) is 13.5. The molecule has 0 unspecified atom stereocenters. The fraction of sp³-hybridized carbons (Fsp3) is 0. The Morgan fingerprint density at radius 2 is 0.889 bits per heavy atom. The van der Waals surface area contributed by atoms with Gasteiger partial charge in [0.1, 0.15) is 0 Å². The maximum atomic E-state index is 8.24. The molecule has 0 aromatic heterocycles. The summed E-state index contributed by atoms with van der Waals surface area (Å²) in [6, 6.07) is 0. The van der Waals surface area contributed by atoms with Gasteiger partial charge in [-0.05, 0) is 0 Å². The van der Waals surface area contributed by atoms with Gasteiger partial charge in [0.15, 0.2) is 0 Å². The van der Waals surface area contributed by atoms with Gasteiger partial charge in [0, 0.05) is 0 Å². The summed E-state index contributed by atoms with van der Waals surface area (Å²) in [5, 5.41) is 16.5. The van der Waals surface area contributed by atoms with Gasteiger partial charge in [0.25, 0.3) is 0 Å². The summed E-state index contributed by atoms with van der Waals surface area (Å²) >= 11 is 0. The molecule has 0 aromatic carbocycles. The molecule has 0 aliphatic rings. The Morgan fingerprint density at radius 1 is 0.889 bits per heavy atom. The summed E-state index contributed by atoms with van der Waals surface area (Å²) < 4.78 is 0. The van der Waals surface area contributed by atoms with Crippen LogP contribution in [0.25, 0.3) is 0 Å². The standard InChI is InChI=1S/2CHO2.2H3N.Pt/c2*2-1-3;;;/h2*(H,2,3);2*1H3;/q;;;;+2. The van der Waals surface area contributed by atoms with E-state index in [0.29, 0.717) is 12.9 Å². The predicted octanol–water partition coefficient (Wildman–Crippen LogP) is -3.24. The van der Waals surface area contributed by atoms with E-state index >= 15 is 0 Å². The summed E-state index contributed by atoms with van der Waals surface area (Å²) in [7, 11) is 0. The Kier molecular flexibility index (Phi) is 580. The van der Waals surface area contributed by atoms with E-state index in [1.54, 1.807) is 0 Å². The van der Waals surface area contributed by atoms with Crippen LogP contribution in [0.2, 0.25) is 0 Å². The fourth-order valence-electron chi connectivity index (χ4n) is 0. The van der Waals surface area contributed by atoms with Gasteiger partial charge in [-0.1, -0.05) is 0 Å². The maximum Gasteiger partial charge on any atom is 2.00 e. The monoisotopic (exact) mass is 319 g/mol. The van der Waals surface area contributed by atoms with Gasteiger partial charge in [0.2, 0.25) is 0 Å². The van der Waals surface area contributed by atoms with Crippen molar-refractivity contribution in [2.75, 3.05) is 0 Å². The van der Waals surface area contributed by atoms with Crippen LogP contribution in [0.15, 0.2) is 0 Å². The zero-order valence-corrected chi connectivity index (χ0v) is 6.71. The molecule has 0 heterocycles. The normalized spacial score (nSPS) is 2.67. The number of hydrogen-bond acceptors (Lipinski definition) is 4. The Bertz CT molecular complexity index is 37.5. The molecule has 0 atom stereocenters. The molecule has 0 saturated heterocycles. The van der Waals surface area contributed by atoms with Gasteiger partial charge in [-0.2, -0.15) is 0 Å². The smallest absolute Gasteiger partial charge is 0.473 e. The third-order valence-electron chi connectivity index (χ3n) is 0. The molecule has 0 aromatic rings. The van der Waals surface area contributed by atoms with Crippen molar-refractivity contribution in [2.24, 2.45) is 0 Å². The molecule has 0 aliphatic heterocycles. The molecule has 0 saturated carbocycles. The van der Waals surface area contributed by atoms with Crippen LogP contribution >= 0.6 is 0 Å². The van der Waals surface area contributed by atoms with Gasteiger partial charge in [0.05, 0.1) is 0 Å². The minimum atomic E-state index is 0. The van der Waals surface area contributed by atoms with Gasteiger partial charge in [-0.25, -0.2) is 10.2 Å². The number of hydrogen-bond donors (Lipinski definition) is 2.